The van der Waals surface area contributed by atoms with E-state index in [-0.39, 0.29) is 18.6 Å². The van der Waals surface area contributed by atoms with Crippen LogP contribution in [0.3, 0.4) is 0 Å². The van der Waals surface area contributed by atoms with Crippen molar-refractivity contribution in [2.45, 2.75) is 18.9 Å². The molecule has 1 atom stereocenters. The number of piperazine rings is 1. The van der Waals surface area contributed by atoms with Gasteiger partial charge in [-0.1, -0.05) is 30.3 Å². The van der Waals surface area contributed by atoms with Crippen molar-refractivity contribution in [2.24, 2.45) is 0 Å². The minimum absolute atomic E-state index is 0.0342. The van der Waals surface area contributed by atoms with Crippen LogP contribution in [0.4, 0.5) is 11.5 Å². The molecule has 3 aromatic rings. The van der Waals surface area contributed by atoms with Gasteiger partial charge in [0, 0.05) is 50.4 Å². The molecule has 7 nitrogen and oxygen atoms in total. The highest BCUT2D eigenvalue weighted by molar-refractivity contribution is 5.86. The highest BCUT2D eigenvalue weighted by Crippen LogP contribution is 2.27. The Morgan fingerprint density at radius 2 is 1.82 bits per heavy atom. The third-order valence-corrected chi connectivity index (χ3v) is 6.30. The van der Waals surface area contributed by atoms with E-state index >= 15 is 0 Å². The van der Waals surface area contributed by atoms with Gasteiger partial charge < -0.3 is 24.6 Å². The zero-order chi connectivity index (χ0) is 22.5. The summed E-state index contributed by atoms with van der Waals surface area (Å²) in [6.45, 7) is 4.99. The lowest BCUT2D eigenvalue weighted by Gasteiger charge is -2.36. The lowest BCUT2D eigenvalue weighted by atomic mass is 10.2. The Bertz CT molecular complexity index is 1080. The van der Waals surface area contributed by atoms with Gasteiger partial charge in [-0.25, -0.2) is 4.98 Å². The second-order valence-corrected chi connectivity index (χ2v) is 8.53. The fraction of sp³-hybridized carbons (Fsp3) is 0.385. The summed E-state index contributed by atoms with van der Waals surface area (Å²) in [5, 5.41) is 3.90. The van der Waals surface area contributed by atoms with Crippen molar-refractivity contribution in [1.29, 1.82) is 0 Å². The molecule has 3 heterocycles. The third kappa shape index (κ3) is 5.20. The van der Waals surface area contributed by atoms with Gasteiger partial charge in [-0.15, -0.1) is 0 Å². The number of pyridine rings is 1. The Hall–Kier alpha value is -3.32. The van der Waals surface area contributed by atoms with E-state index in [1.807, 2.05) is 24.3 Å². The van der Waals surface area contributed by atoms with E-state index in [0.717, 1.165) is 62.3 Å². The predicted octanol–water partition coefficient (Wildman–Crippen LogP) is 3.24. The number of carbonyl (C=O) groups excluding carboxylic acids is 1. The lowest BCUT2D eigenvalue weighted by Crippen LogP contribution is -2.46. The maximum atomic E-state index is 12.2. The summed E-state index contributed by atoms with van der Waals surface area (Å²) < 4.78 is 11.4. The highest BCUT2D eigenvalue weighted by Gasteiger charge is 2.19. The summed E-state index contributed by atoms with van der Waals surface area (Å²) in [5.41, 5.74) is 2.05. The number of hydrogen-bond acceptors (Lipinski definition) is 6. The average molecular weight is 447 g/mol. The van der Waals surface area contributed by atoms with Gasteiger partial charge in [-0.05, 0) is 43.2 Å². The van der Waals surface area contributed by atoms with Crippen LogP contribution >= 0.6 is 0 Å². The Labute approximate surface area is 194 Å². The van der Waals surface area contributed by atoms with E-state index in [0.29, 0.717) is 12.3 Å². The van der Waals surface area contributed by atoms with Crippen LogP contribution in [-0.4, -0.2) is 62.9 Å². The lowest BCUT2D eigenvalue weighted by molar-refractivity contribution is -0.123. The molecule has 7 heteroatoms. The number of para-hydroxylation sites is 2. The average Bonchev–Trinajstić information content (AvgIpc) is 3.40. The molecule has 1 amide bonds. The SMILES string of the molecule is O=C(COc1cccc2ccc(N3CCN(c4ccccc4)CC3)nc12)NCC1CCCO1. The number of fused-ring (bicyclic) bond motifs is 1. The first-order valence-corrected chi connectivity index (χ1v) is 11.7. The number of rotatable bonds is 7. The molecule has 2 saturated heterocycles. The Balaban J connectivity index is 1.22. The van der Waals surface area contributed by atoms with Crippen LogP contribution in [0.25, 0.3) is 10.9 Å². The predicted molar refractivity (Wildman–Crippen MR) is 130 cm³/mol. The summed E-state index contributed by atoms with van der Waals surface area (Å²) in [5.74, 6) is 1.43. The van der Waals surface area contributed by atoms with Gasteiger partial charge in [0.05, 0.1) is 6.10 Å². The van der Waals surface area contributed by atoms with E-state index in [9.17, 15) is 4.79 Å². The van der Waals surface area contributed by atoms with Gasteiger partial charge in [0.2, 0.25) is 0 Å². The molecular weight excluding hydrogens is 416 g/mol. The first-order valence-electron chi connectivity index (χ1n) is 11.7. The van der Waals surface area contributed by atoms with Crippen molar-refractivity contribution < 1.29 is 14.3 Å². The van der Waals surface area contributed by atoms with Crippen LogP contribution in [0.2, 0.25) is 0 Å². The summed E-state index contributed by atoms with van der Waals surface area (Å²) in [6, 6.07) is 20.5. The number of aromatic nitrogens is 1. The van der Waals surface area contributed by atoms with E-state index in [1.54, 1.807) is 0 Å². The van der Waals surface area contributed by atoms with E-state index in [2.05, 4.69) is 51.5 Å². The fourth-order valence-corrected chi connectivity index (χ4v) is 4.46. The normalized spacial score (nSPS) is 18.5. The second kappa shape index (κ2) is 10.1. The molecule has 33 heavy (non-hydrogen) atoms. The minimum Gasteiger partial charge on any atom is -0.481 e. The number of amides is 1. The first-order chi connectivity index (χ1) is 16.3. The number of anilines is 2. The molecule has 2 aliphatic rings. The standard InChI is InChI=1S/C26H30N4O3/c31-25(27-18-22-9-5-17-32-22)19-33-23-10-4-6-20-11-12-24(28-26(20)23)30-15-13-29(14-16-30)21-7-2-1-3-8-21/h1-4,6-8,10-12,22H,5,9,13-19H2,(H,27,31). The molecular formula is C26H30N4O3. The maximum Gasteiger partial charge on any atom is 0.258 e. The summed E-state index contributed by atoms with van der Waals surface area (Å²) in [4.78, 5) is 21.9. The van der Waals surface area contributed by atoms with Crippen molar-refractivity contribution in [3.63, 3.8) is 0 Å². The molecule has 0 bridgehead atoms. The van der Waals surface area contributed by atoms with Crippen LogP contribution in [0.1, 0.15) is 12.8 Å². The molecule has 2 aromatic carbocycles. The Kier molecular flexibility index (Phi) is 6.58. The molecule has 2 aliphatic heterocycles. The molecule has 1 unspecified atom stereocenters. The molecule has 0 saturated carbocycles. The maximum absolute atomic E-state index is 12.2. The monoisotopic (exact) mass is 446 g/mol. The van der Waals surface area contributed by atoms with Gasteiger partial charge >= 0.3 is 0 Å². The topological polar surface area (TPSA) is 66.9 Å². The number of ether oxygens (including phenoxy) is 2. The quantitative estimate of drug-likeness (QED) is 0.601. The van der Waals surface area contributed by atoms with Crippen molar-refractivity contribution in [3.8, 4) is 5.75 Å². The fourth-order valence-electron chi connectivity index (χ4n) is 4.46. The summed E-state index contributed by atoms with van der Waals surface area (Å²) >= 11 is 0. The molecule has 0 spiro atoms. The number of benzene rings is 2. The molecule has 5 rings (SSSR count). The number of carbonyl (C=O) groups is 1. The van der Waals surface area contributed by atoms with Gasteiger partial charge in [-0.3, -0.25) is 4.79 Å². The molecule has 172 valence electrons. The van der Waals surface area contributed by atoms with Crippen LogP contribution in [0, 0.1) is 0 Å². The second-order valence-electron chi connectivity index (χ2n) is 8.53. The first kappa shape index (κ1) is 21.5. The number of hydrogen-bond donors (Lipinski definition) is 1. The van der Waals surface area contributed by atoms with Crippen LogP contribution in [0.15, 0.2) is 60.7 Å². The largest absolute Gasteiger partial charge is 0.481 e. The highest BCUT2D eigenvalue weighted by atomic mass is 16.5. The number of nitrogens with zero attached hydrogens (tertiary/aromatic N) is 3. The van der Waals surface area contributed by atoms with E-state index in [1.165, 1.54) is 5.69 Å². The van der Waals surface area contributed by atoms with Crippen molar-refractivity contribution in [1.82, 2.24) is 10.3 Å². The molecule has 2 fully saturated rings. The summed E-state index contributed by atoms with van der Waals surface area (Å²) in [7, 11) is 0. The van der Waals surface area contributed by atoms with E-state index in [4.69, 9.17) is 14.5 Å². The summed E-state index contributed by atoms with van der Waals surface area (Å²) in [6.07, 6.45) is 2.18. The molecule has 0 aliphatic carbocycles. The van der Waals surface area contributed by atoms with Crippen molar-refractivity contribution >= 4 is 28.3 Å². The molecule has 1 N–H and O–H groups in total. The zero-order valence-electron chi connectivity index (χ0n) is 18.8. The molecule has 0 radical (unpaired) electrons. The smallest absolute Gasteiger partial charge is 0.258 e. The Morgan fingerprint density at radius 1 is 1.00 bits per heavy atom. The Morgan fingerprint density at radius 3 is 2.61 bits per heavy atom. The minimum atomic E-state index is -0.143. The van der Waals surface area contributed by atoms with Gasteiger partial charge in [0.15, 0.2) is 6.61 Å². The number of nitrogens with one attached hydrogen (secondary N) is 1. The van der Waals surface area contributed by atoms with Gasteiger partial charge in [0.25, 0.3) is 5.91 Å². The third-order valence-electron chi connectivity index (χ3n) is 6.30. The van der Waals surface area contributed by atoms with Crippen LogP contribution < -0.4 is 19.9 Å². The van der Waals surface area contributed by atoms with Crippen LogP contribution in [-0.2, 0) is 9.53 Å². The van der Waals surface area contributed by atoms with Gasteiger partial charge in [-0.2, -0.15) is 0 Å². The van der Waals surface area contributed by atoms with Crippen LogP contribution in [0.5, 0.6) is 5.75 Å². The van der Waals surface area contributed by atoms with Crippen molar-refractivity contribution in [3.05, 3.63) is 60.7 Å². The zero-order valence-corrected chi connectivity index (χ0v) is 18.8. The molecule has 1 aromatic heterocycles. The van der Waals surface area contributed by atoms with Gasteiger partial charge in [0.1, 0.15) is 17.1 Å². The van der Waals surface area contributed by atoms with E-state index < -0.39 is 0 Å². The van der Waals surface area contributed by atoms with Crippen molar-refractivity contribution in [2.75, 3.05) is 55.7 Å².